The first-order chi connectivity index (χ1) is 11.6. The number of amides is 2. The summed E-state index contributed by atoms with van der Waals surface area (Å²) >= 11 is 0. The molecule has 3 rings (SSSR count). The first kappa shape index (κ1) is 16.2. The predicted molar refractivity (Wildman–Crippen MR) is 89.8 cm³/mol. The number of primary amides is 1. The maximum absolute atomic E-state index is 12.9. The molecule has 1 aromatic carbocycles. The fraction of sp³-hybridized carbons (Fsp3) is 0.353. The standard InChI is InChI=1S/C17H20N4O3/c1-24-16-10-13(12-4-2-3-5-14(12)19-16)17(23)21-8-6-20(7-9-21)11-15(18)22/h2-5,10H,6-9,11H2,1H3,(H2,18,22). The largest absolute Gasteiger partial charge is 0.481 e. The summed E-state index contributed by atoms with van der Waals surface area (Å²) in [5.41, 5.74) is 6.53. The Labute approximate surface area is 140 Å². The topological polar surface area (TPSA) is 88.8 Å². The van der Waals surface area contributed by atoms with Gasteiger partial charge in [0, 0.05) is 37.6 Å². The summed E-state index contributed by atoms with van der Waals surface area (Å²) in [5, 5.41) is 0.808. The molecule has 1 fully saturated rings. The number of hydrogen-bond acceptors (Lipinski definition) is 5. The maximum Gasteiger partial charge on any atom is 0.254 e. The Balaban J connectivity index is 1.83. The lowest BCUT2D eigenvalue weighted by Crippen LogP contribution is -2.50. The molecule has 0 unspecified atom stereocenters. The summed E-state index contributed by atoms with van der Waals surface area (Å²) in [6.07, 6.45) is 0. The number of rotatable bonds is 4. The zero-order valence-electron chi connectivity index (χ0n) is 13.6. The first-order valence-electron chi connectivity index (χ1n) is 7.82. The van der Waals surface area contributed by atoms with Crippen LogP contribution in [0, 0.1) is 0 Å². The summed E-state index contributed by atoms with van der Waals surface area (Å²) < 4.78 is 5.22. The third-order valence-corrected chi connectivity index (χ3v) is 4.17. The monoisotopic (exact) mass is 328 g/mol. The van der Waals surface area contributed by atoms with Crippen LogP contribution in [0.4, 0.5) is 0 Å². The molecule has 1 aliphatic rings. The Morgan fingerprint density at radius 2 is 1.92 bits per heavy atom. The van der Waals surface area contributed by atoms with E-state index in [1.165, 1.54) is 7.11 Å². The second-order valence-electron chi connectivity index (χ2n) is 5.76. The highest BCUT2D eigenvalue weighted by Crippen LogP contribution is 2.23. The lowest BCUT2D eigenvalue weighted by atomic mass is 10.1. The van der Waals surface area contributed by atoms with E-state index in [0.29, 0.717) is 37.6 Å². The number of ether oxygens (including phenoxy) is 1. The molecule has 1 aromatic heterocycles. The summed E-state index contributed by atoms with van der Waals surface area (Å²) in [4.78, 5) is 32.1. The molecule has 0 atom stereocenters. The zero-order valence-corrected chi connectivity index (χ0v) is 13.6. The number of carbonyl (C=O) groups excluding carboxylic acids is 2. The minimum atomic E-state index is -0.348. The van der Waals surface area contributed by atoms with Crippen molar-refractivity contribution in [1.82, 2.24) is 14.8 Å². The van der Waals surface area contributed by atoms with E-state index in [9.17, 15) is 9.59 Å². The molecule has 2 amide bonds. The van der Waals surface area contributed by atoms with E-state index in [2.05, 4.69) is 4.98 Å². The minimum Gasteiger partial charge on any atom is -0.481 e. The first-order valence-corrected chi connectivity index (χ1v) is 7.82. The van der Waals surface area contributed by atoms with Crippen molar-refractivity contribution in [2.24, 2.45) is 5.73 Å². The number of fused-ring (bicyclic) bond motifs is 1. The zero-order chi connectivity index (χ0) is 17.1. The lowest BCUT2D eigenvalue weighted by molar-refractivity contribution is -0.119. The molecule has 0 spiro atoms. The van der Waals surface area contributed by atoms with Crippen molar-refractivity contribution in [3.63, 3.8) is 0 Å². The number of para-hydroxylation sites is 1. The minimum absolute atomic E-state index is 0.0503. The molecule has 0 aliphatic carbocycles. The van der Waals surface area contributed by atoms with Crippen LogP contribution in [0.15, 0.2) is 30.3 Å². The van der Waals surface area contributed by atoms with Crippen LogP contribution < -0.4 is 10.5 Å². The van der Waals surface area contributed by atoms with Crippen LogP contribution in [0.3, 0.4) is 0 Å². The normalized spacial score (nSPS) is 15.5. The van der Waals surface area contributed by atoms with Crippen LogP contribution in [0.2, 0.25) is 0 Å². The molecule has 2 N–H and O–H groups in total. The molecular formula is C17H20N4O3. The number of aromatic nitrogens is 1. The number of piperazine rings is 1. The van der Waals surface area contributed by atoms with Crippen LogP contribution in [0.25, 0.3) is 10.9 Å². The highest BCUT2D eigenvalue weighted by Gasteiger charge is 2.24. The van der Waals surface area contributed by atoms with Crippen LogP contribution in [0.5, 0.6) is 5.88 Å². The fourth-order valence-corrected chi connectivity index (χ4v) is 2.93. The summed E-state index contributed by atoms with van der Waals surface area (Å²) in [7, 11) is 1.54. The van der Waals surface area contributed by atoms with Crippen LogP contribution >= 0.6 is 0 Å². The van der Waals surface area contributed by atoms with E-state index in [1.54, 1.807) is 11.0 Å². The van der Waals surface area contributed by atoms with Crippen molar-refractivity contribution in [2.45, 2.75) is 0 Å². The van der Waals surface area contributed by atoms with Crippen molar-refractivity contribution in [2.75, 3.05) is 39.8 Å². The van der Waals surface area contributed by atoms with E-state index < -0.39 is 0 Å². The highest BCUT2D eigenvalue weighted by molar-refractivity contribution is 6.06. The number of nitrogens with two attached hydrogens (primary N) is 1. The average molecular weight is 328 g/mol. The van der Waals surface area contributed by atoms with Crippen molar-refractivity contribution in [1.29, 1.82) is 0 Å². The Kier molecular flexibility index (Phi) is 4.61. The van der Waals surface area contributed by atoms with Crippen molar-refractivity contribution >= 4 is 22.7 Å². The SMILES string of the molecule is COc1cc(C(=O)N2CCN(CC(N)=O)CC2)c2ccccc2n1. The number of hydrogen-bond donors (Lipinski definition) is 1. The fourth-order valence-electron chi connectivity index (χ4n) is 2.93. The van der Waals surface area contributed by atoms with Gasteiger partial charge < -0.3 is 15.4 Å². The van der Waals surface area contributed by atoms with Gasteiger partial charge in [-0.15, -0.1) is 0 Å². The number of benzene rings is 1. The van der Waals surface area contributed by atoms with Crippen LogP contribution in [-0.2, 0) is 4.79 Å². The second-order valence-corrected chi connectivity index (χ2v) is 5.76. The number of nitrogens with zero attached hydrogens (tertiary/aromatic N) is 3. The molecule has 0 saturated carbocycles. The Morgan fingerprint density at radius 3 is 2.58 bits per heavy atom. The van der Waals surface area contributed by atoms with Crippen molar-refractivity contribution < 1.29 is 14.3 Å². The van der Waals surface area contributed by atoms with Gasteiger partial charge in [0.1, 0.15) is 0 Å². The predicted octanol–water partition coefficient (Wildman–Crippen LogP) is 0.487. The van der Waals surface area contributed by atoms with E-state index in [4.69, 9.17) is 10.5 Å². The van der Waals surface area contributed by atoms with Crippen molar-refractivity contribution in [3.8, 4) is 5.88 Å². The van der Waals surface area contributed by atoms with Crippen molar-refractivity contribution in [3.05, 3.63) is 35.9 Å². The summed E-state index contributed by atoms with van der Waals surface area (Å²) in [6, 6.07) is 9.20. The molecule has 0 bridgehead atoms. The Morgan fingerprint density at radius 1 is 1.21 bits per heavy atom. The molecule has 1 saturated heterocycles. The molecule has 2 heterocycles. The maximum atomic E-state index is 12.9. The van der Waals surface area contributed by atoms with Gasteiger partial charge >= 0.3 is 0 Å². The van der Waals surface area contributed by atoms with Crippen LogP contribution in [-0.4, -0.2) is 66.4 Å². The van der Waals surface area contributed by atoms with Gasteiger partial charge in [0.15, 0.2) is 0 Å². The van der Waals surface area contributed by atoms with E-state index >= 15 is 0 Å². The molecule has 7 nitrogen and oxygen atoms in total. The van der Waals surface area contributed by atoms with Gasteiger partial charge in [-0.3, -0.25) is 14.5 Å². The number of pyridine rings is 1. The summed E-state index contributed by atoms with van der Waals surface area (Å²) in [6.45, 7) is 2.62. The van der Waals surface area contributed by atoms with Gasteiger partial charge in [-0.1, -0.05) is 18.2 Å². The molecule has 7 heteroatoms. The average Bonchev–Trinajstić information content (AvgIpc) is 2.60. The summed E-state index contributed by atoms with van der Waals surface area (Å²) in [5.74, 6) is 0.0229. The Bertz CT molecular complexity index is 770. The molecule has 0 radical (unpaired) electrons. The Hall–Kier alpha value is -2.67. The molecule has 126 valence electrons. The van der Waals surface area contributed by atoms with Gasteiger partial charge in [0.05, 0.1) is 24.7 Å². The van der Waals surface area contributed by atoms with Crippen LogP contribution in [0.1, 0.15) is 10.4 Å². The van der Waals surface area contributed by atoms with E-state index in [1.807, 2.05) is 29.2 Å². The third-order valence-electron chi connectivity index (χ3n) is 4.17. The smallest absolute Gasteiger partial charge is 0.254 e. The van der Waals surface area contributed by atoms with Gasteiger partial charge in [0.25, 0.3) is 5.91 Å². The molecular weight excluding hydrogens is 308 g/mol. The quantitative estimate of drug-likeness (QED) is 0.882. The van der Waals surface area contributed by atoms with E-state index in [0.717, 1.165) is 10.9 Å². The third kappa shape index (κ3) is 3.30. The lowest BCUT2D eigenvalue weighted by Gasteiger charge is -2.34. The van der Waals surface area contributed by atoms with Gasteiger partial charge in [-0.2, -0.15) is 0 Å². The number of methoxy groups -OCH3 is 1. The molecule has 24 heavy (non-hydrogen) atoms. The van der Waals surface area contributed by atoms with Gasteiger partial charge in [-0.25, -0.2) is 4.98 Å². The molecule has 1 aliphatic heterocycles. The molecule has 2 aromatic rings. The van der Waals surface area contributed by atoms with Gasteiger partial charge in [-0.05, 0) is 6.07 Å². The second kappa shape index (κ2) is 6.84. The van der Waals surface area contributed by atoms with Gasteiger partial charge in [0.2, 0.25) is 11.8 Å². The van der Waals surface area contributed by atoms with E-state index in [-0.39, 0.29) is 18.4 Å². The number of carbonyl (C=O) groups is 2. The highest BCUT2D eigenvalue weighted by atomic mass is 16.5.